The molecule has 1 N–H and O–H groups in total. The van der Waals surface area contributed by atoms with Crippen LogP contribution in [0.3, 0.4) is 0 Å². The lowest BCUT2D eigenvalue weighted by Gasteiger charge is -2.19. The van der Waals surface area contributed by atoms with Gasteiger partial charge in [0.15, 0.2) is 0 Å². The Balaban J connectivity index is 2.21. The summed E-state index contributed by atoms with van der Waals surface area (Å²) in [7, 11) is 0. The van der Waals surface area contributed by atoms with Crippen LogP contribution in [0.2, 0.25) is 0 Å². The molecular weight excluding hydrogens is 302 g/mol. The molecule has 2 nitrogen and oxygen atoms in total. The monoisotopic (exact) mass is 319 g/mol. The molecule has 0 spiro atoms. The molecule has 0 fully saturated rings. The summed E-state index contributed by atoms with van der Waals surface area (Å²) < 4.78 is 7.07. The van der Waals surface area contributed by atoms with E-state index in [9.17, 15) is 0 Å². The topological polar surface area (TPSA) is 21.3 Å². The molecule has 1 aliphatic rings. The first-order chi connectivity index (χ1) is 9.31. The minimum absolute atomic E-state index is 0.392. The van der Waals surface area contributed by atoms with Crippen molar-refractivity contribution in [1.29, 1.82) is 0 Å². The van der Waals surface area contributed by atoms with Gasteiger partial charge in [0.25, 0.3) is 0 Å². The van der Waals surface area contributed by atoms with Crippen molar-refractivity contribution in [2.75, 3.05) is 13.2 Å². The Bertz CT molecular complexity index is 597. The Kier molecular flexibility index (Phi) is 3.76. The van der Waals surface area contributed by atoms with E-state index in [0.717, 1.165) is 36.2 Å². The third kappa shape index (κ3) is 2.37. The maximum atomic E-state index is 5.98. The highest BCUT2D eigenvalue weighted by molar-refractivity contribution is 9.10. The molecule has 1 atom stereocenters. The van der Waals surface area contributed by atoms with Crippen molar-refractivity contribution in [2.45, 2.75) is 25.8 Å². The van der Waals surface area contributed by atoms with Crippen molar-refractivity contribution in [3.8, 4) is 5.75 Å². The average Bonchev–Trinajstić information content (AvgIpc) is 2.63. The van der Waals surface area contributed by atoms with E-state index in [0.29, 0.717) is 6.04 Å². The molecule has 1 aliphatic heterocycles. The van der Waals surface area contributed by atoms with E-state index in [1.54, 1.807) is 0 Å². The quantitative estimate of drug-likeness (QED) is 0.884. The van der Waals surface area contributed by atoms with Crippen molar-refractivity contribution < 1.29 is 4.74 Å². The second-order valence-corrected chi connectivity index (χ2v) is 5.72. The summed E-state index contributed by atoms with van der Waals surface area (Å²) in [5.41, 5.74) is 1.28. The largest absolute Gasteiger partial charge is 0.492 e. The predicted molar refractivity (Wildman–Crippen MR) is 82.8 cm³/mol. The lowest BCUT2D eigenvalue weighted by Crippen LogP contribution is -2.20. The molecule has 2 aromatic rings. The van der Waals surface area contributed by atoms with Gasteiger partial charge in [-0.3, -0.25) is 0 Å². The zero-order chi connectivity index (χ0) is 13.2. The van der Waals surface area contributed by atoms with Gasteiger partial charge < -0.3 is 10.1 Å². The van der Waals surface area contributed by atoms with E-state index in [4.69, 9.17) is 4.74 Å². The second kappa shape index (κ2) is 5.51. The molecule has 100 valence electrons. The molecule has 0 aliphatic carbocycles. The van der Waals surface area contributed by atoms with Crippen LogP contribution in [0.25, 0.3) is 10.8 Å². The van der Waals surface area contributed by atoms with Gasteiger partial charge in [0.2, 0.25) is 0 Å². The number of fused-ring (bicyclic) bond motifs is 2. The summed E-state index contributed by atoms with van der Waals surface area (Å²) in [4.78, 5) is 0. The minimum atomic E-state index is 0.392. The molecule has 0 saturated heterocycles. The van der Waals surface area contributed by atoms with Crippen LogP contribution in [-0.4, -0.2) is 13.2 Å². The number of hydrogen-bond donors (Lipinski definition) is 1. The van der Waals surface area contributed by atoms with E-state index >= 15 is 0 Å². The Morgan fingerprint density at radius 3 is 3.05 bits per heavy atom. The molecule has 0 aromatic heterocycles. The van der Waals surface area contributed by atoms with Crippen LogP contribution in [-0.2, 0) is 0 Å². The summed E-state index contributed by atoms with van der Waals surface area (Å²) in [6.45, 7) is 3.93. The van der Waals surface area contributed by atoms with Gasteiger partial charge in [-0.1, -0.05) is 31.2 Å². The molecule has 2 aromatic carbocycles. The molecule has 0 saturated carbocycles. The van der Waals surface area contributed by atoms with Crippen LogP contribution in [0.15, 0.2) is 34.8 Å². The predicted octanol–water partition coefficient (Wildman–Crippen LogP) is 4.43. The van der Waals surface area contributed by atoms with E-state index in [2.05, 4.69) is 58.5 Å². The molecular formula is C16H18BrNO. The summed E-state index contributed by atoms with van der Waals surface area (Å²) >= 11 is 3.73. The fourth-order valence-corrected chi connectivity index (χ4v) is 3.49. The van der Waals surface area contributed by atoms with E-state index in [1.807, 2.05) is 0 Å². The van der Waals surface area contributed by atoms with Gasteiger partial charge >= 0.3 is 0 Å². The second-order valence-electron chi connectivity index (χ2n) is 4.93. The van der Waals surface area contributed by atoms with Crippen LogP contribution >= 0.6 is 15.9 Å². The smallest absolute Gasteiger partial charge is 0.138 e. The fraction of sp³-hybridized carbons (Fsp3) is 0.375. The molecule has 1 heterocycles. The third-order valence-corrected chi connectivity index (χ3v) is 4.47. The van der Waals surface area contributed by atoms with Crippen LogP contribution < -0.4 is 10.1 Å². The zero-order valence-electron chi connectivity index (χ0n) is 11.1. The lowest BCUT2D eigenvalue weighted by molar-refractivity contribution is 0.314. The number of nitrogens with one attached hydrogen (secondary N) is 1. The Hall–Kier alpha value is -1.06. The minimum Gasteiger partial charge on any atom is -0.492 e. The Morgan fingerprint density at radius 2 is 2.21 bits per heavy atom. The third-order valence-electron chi connectivity index (χ3n) is 3.68. The van der Waals surface area contributed by atoms with Crippen molar-refractivity contribution in [2.24, 2.45) is 0 Å². The van der Waals surface area contributed by atoms with Crippen molar-refractivity contribution in [3.05, 3.63) is 40.4 Å². The first kappa shape index (κ1) is 12.9. The van der Waals surface area contributed by atoms with Gasteiger partial charge in [-0.05, 0) is 52.2 Å². The van der Waals surface area contributed by atoms with Gasteiger partial charge in [0, 0.05) is 11.6 Å². The van der Waals surface area contributed by atoms with Crippen molar-refractivity contribution in [3.63, 3.8) is 0 Å². The highest BCUT2D eigenvalue weighted by atomic mass is 79.9. The highest BCUT2D eigenvalue weighted by Crippen LogP contribution is 2.41. The first-order valence-corrected chi connectivity index (χ1v) is 7.68. The van der Waals surface area contributed by atoms with Crippen LogP contribution in [0, 0.1) is 0 Å². The van der Waals surface area contributed by atoms with Gasteiger partial charge in [-0.2, -0.15) is 0 Å². The Labute approximate surface area is 122 Å². The fourth-order valence-electron chi connectivity index (χ4n) is 2.79. The number of halogens is 1. The normalized spacial score (nSPS) is 18.7. The van der Waals surface area contributed by atoms with Crippen molar-refractivity contribution in [1.82, 2.24) is 5.32 Å². The summed E-state index contributed by atoms with van der Waals surface area (Å²) in [6, 6.07) is 11.1. The molecule has 3 rings (SSSR count). The van der Waals surface area contributed by atoms with Crippen LogP contribution in [0.1, 0.15) is 31.4 Å². The van der Waals surface area contributed by atoms with Crippen LogP contribution in [0.4, 0.5) is 0 Å². The summed E-state index contributed by atoms with van der Waals surface area (Å²) in [5.74, 6) is 1.02. The van der Waals surface area contributed by atoms with Gasteiger partial charge in [-0.25, -0.2) is 0 Å². The first-order valence-electron chi connectivity index (χ1n) is 6.88. The molecule has 3 heteroatoms. The van der Waals surface area contributed by atoms with Crippen molar-refractivity contribution >= 4 is 26.7 Å². The van der Waals surface area contributed by atoms with E-state index in [-0.39, 0.29) is 0 Å². The van der Waals surface area contributed by atoms with Crippen LogP contribution in [0.5, 0.6) is 5.75 Å². The van der Waals surface area contributed by atoms with Gasteiger partial charge in [0.1, 0.15) is 5.75 Å². The number of rotatable bonds is 2. The standard InChI is InChI=1S/C16H18BrNO/c1-2-18-14-8-5-9-19-16-13(14)10-11-6-3-4-7-12(11)15(16)17/h3-4,6-7,10,14,18H,2,5,8-9H2,1H3. The lowest BCUT2D eigenvalue weighted by atomic mass is 9.98. The zero-order valence-corrected chi connectivity index (χ0v) is 12.7. The molecule has 1 unspecified atom stereocenters. The average molecular weight is 320 g/mol. The maximum Gasteiger partial charge on any atom is 0.138 e. The number of ether oxygens (including phenoxy) is 1. The summed E-state index contributed by atoms with van der Waals surface area (Å²) in [5, 5.41) is 6.06. The maximum absolute atomic E-state index is 5.98. The Morgan fingerprint density at radius 1 is 1.37 bits per heavy atom. The van der Waals surface area contributed by atoms with E-state index in [1.165, 1.54) is 16.3 Å². The number of hydrogen-bond acceptors (Lipinski definition) is 2. The highest BCUT2D eigenvalue weighted by Gasteiger charge is 2.22. The van der Waals surface area contributed by atoms with Gasteiger partial charge in [-0.15, -0.1) is 0 Å². The SMILES string of the molecule is CCNC1CCCOc2c1cc1ccccc1c2Br. The van der Waals surface area contributed by atoms with E-state index < -0.39 is 0 Å². The molecule has 0 amide bonds. The number of benzene rings is 2. The summed E-state index contributed by atoms with van der Waals surface area (Å²) in [6.07, 6.45) is 2.22. The van der Waals surface area contributed by atoms with Gasteiger partial charge in [0.05, 0.1) is 11.1 Å². The molecule has 19 heavy (non-hydrogen) atoms. The molecule has 0 bridgehead atoms. The molecule has 0 radical (unpaired) electrons.